The SMILES string of the molecule is C[C@H]1Oc2cc(cnc2N)-c2c3c(nn2CC(F)(F)F)CCC[C@@H]3c2cn(C)nc2-c2ccc(F)cc21. The van der Waals surface area contributed by atoms with Crippen LogP contribution in [0.15, 0.2) is 36.7 Å². The number of fused-ring (bicyclic) bond motifs is 7. The van der Waals surface area contributed by atoms with E-state index in [1.54, 1.807) is 30.8 Å². The van der Waals surface area contributed by atoms with Gasteiger partial charge in [0.15, 0.2) is 11.6 Å². The summed E-state index contributed by atoms with van der Waals surface area (Å²) in [4.78, 5) is 4.24. The normalized spacial score (nSPS) is 18.6. The summed E-state index contributed by atoms with van der Waals surface area (Å²) in [6.45, 7) is 0.526. The van der Waals surface area contributed by atoms with Crippen molar-refractivity contribution >= 4 is 5.82 Å². The van der Waals surface area contributed by atoms with Crippen molar-refractivity contribution in [1.82, 2.24) is 24.5 Å². The quantitative estimate of drug-likeness (QED) is 0.338. The molecule has 11 heteroatoms. The molecule has 1 aliphatic carbocycles. The van der Waals surface area contributed by atoms with Crippen molar-refractivity contribution in [3.8, 4) is 28.3 Å². The summed E-state index contributed by atoms with van der Waals surface area (Å²) in [6, 6.07) is 6.04. The third-order valence-electron chi connectivity index (χ3n) is 7.05. The number of halogens is 4. The molecule has 1 aromatic carbocycles. The first-order valence-electron chi connectivity index (χ1n) is 12.0. The number of ether oxygens (including phenoxy) is 1. The number of rotatable bonds is 1. The number of nitrogen functional groups attached to an aromatic ring is 1. The molecule has 0 amide bonds. The Morgan fingerprint density at radius 1 is 1.16 bits per heavy atom. The molecule has 2 atom stereocenters. The summed E-state index contributed by atoms with van der Waals surface area (Å²) >= 11 is 0. The lowest BCUT2D eigenvalue weighted by atomic mass is 9.79. The number of nitrogens with two attached hydrogens (primary N) is 1. The van der Waals surface area contributed by atoms with Crippen LogP contribution in [-0.2, 0) is 20.0 Å². The van der Waals surface area contributed by atoms with Crippen LogP contribution in [0.2, 0.25) is 0 Å². The smallest absolute Gasteiger partial charge is 0.408 e. The van der Waals surface area contributed by atoms with Crippen LogP contribution in [-0.4, -0.2) is 30.7 Å². The highest BCUT2D eigenvalue weighted by Crippen LogP contribution is 2.47. The van der Waals surface area contributed by atoms with Crippen LogP contribution < -0.4 is 10.5 Å². The molecular weight excluding hydrogens is 488 g/mol. The molecule has 4 heterocycles. The van der Waals surface area contributed by atoms with Crippen molar-refractivity contribution in [2.75, 3.05) is 5.73 Å². The van der Waals surface area contributed by atoms with Crippen LogP contribution in [0.1, 0.15) is 54.2 Å². The number of hydrogen-bond acceptors (Lipinski definition) is 5. The number of hydrogen-bond donors (Lipinski definition) is 1. The van der Waals surface area contributed by atoms with Crippen molar-refractivity contribution in [2.45, 2.75) is 50.9 Å². The molecule has 0 saturated carbocycles. The second kappa shape index (κ2) is 8.32. The van der Waals surface area contributed by atoms with E-state index in [4.69, 9.17) is 15.6 Å². The van der Waals surface area contributed by atoms with E-state index in [2.05, 4.69) is 10.1 Å². The number of anilines is 1. The number of nitrogens with zero attached hydrogens (tertiary/aromatic N) is 5. The summed E-state index contributed by atoms with van der Waals surface area (Å²) in [7, 11) is 1.79. The van der Waals surface area contributed by atoms with Gasteiger partial charge in [-0.3, -0.25) is 9.36 Å². The first kappa shape index (κ1) is 23.5. The first-order valence-corrected chi connectivity index (χ1v) is 12.0. The lowest BCUT2D eigenvalue weighted by molar-refractivity contribution is -0.142. The molecule has 0 unspecified atom stereocenters. The molecule has 6 rings (SSSR count). The van der Waals surface area contributed by atoms with Gasteiger partial charge in [-0.25, -0.2) is 9.37 Å². The Balaban J connectivity index is 1.70. The highest BCUT2D eigenvalue weighted by Gasteiger charge is 2.37. The Labute approximate surface area is 209 Å². The zero-order valence-electron chi connectivity index (χ0n) is 20.2. The molecule has 2 bridgehead atoms. The topological polar surface area (TPSA) is 83.8 Å². The highest BCUT2D eigenvalue weighted by atomic mass is 19.4. The lowest BCUT2D eigenvalue weighted by Gasteiger charge is -2.26. The number of benzene rings is 1. The van der Waals surface area contributed by atoms with Gasteiger partial charge in [0.05, 0.1) is 17.1 Å². The predicted octanol–water partition coefficient (Wildman–Crippen LogP) is 5.55. The molecular formula is C26H24F4N6O. The van der Waals surface area contributed by atoms with Gasteiger partial charge in [-0.1, -0.05) is 0 Å². The molecule has 0 fully saturated rings. The third kappa shape index (κ3) is 4.02. The fourth-order valence-corrected chi connectivity index (χ4v) is 5.58. The van der Waals surface area contributed by atoms with Crippen molar-refractivity contribution in [1.29, 1.82) is 0 Å². The molecule has 1 aliphatic heterocycles. The molecule has 0 spiro atoms. The van der Waals surface area contributed by atoms with Gasteiger partial charge < -0.3 is 10.5 Å². The summed E-state index contributed by atoms with van der Waals surface area (Å²) in [5.74, 6) is -0.410. The largest absolute Gasteiger partial charge is 0.482 e. The number of aryl methyl sites for hydroxylation is 2. The van der Waals surface area contributed by atoms with Gasteiger partial charge in [0.25, 0.3) is 0 Å². The summed E-state index contributed by atoms with van der Waals surface area (Å²) in [5.41, 5.74) is 11.0. The van der Waals surface area contributed by atoms with E-state index in [0.717, 1.165) is 22.2 Å². The molecule has 0 saturated heterocycles. The van der Waals surface area contributed by atoms with Crippen LogP contribution in [0.5, 0.6) is 5.75 Å². The van der Waals surface area contributed by atoms with Crippen LogP contribution >= 0.6 is 0 Å². The standard InChI is InChI=1S/C26H24F4N6O/c1-13-18-9-15(27)6-7-17(18)23-19(11-35(2)34-23)16-4-3-5-20-22(16)24(36(33-20)12-26(28,29)30)14-8-21(37-13)25(31)32-10-14/h6-11,13,16H,3-5,12H2,1-2H3,(H2,31,32)/t13-,16-/m1/s1. The van der Waals surface area contributed by atoms with E-state index in [1.165, 1.54) is 18.3 Å². The van der Waals surface area contributed by atoms with Crippen LogP contribution in [0.3, 0.4) is 0 Å². The van der Waals surface area contributed by atoms with Crippen molar-refractivity contribution < 1.29 is 22.3 Å². The van der Waals surface area contributed by atoms with Gasteiger partial charge in [-0.15, -0.1) is 0 Å². The first-order chi connectivity index (χ1) is 17.6. The minimum atomic E-state index is -4.47. The van der Waals surface area contributed by atoms with Crippen molar-refractivity contribution in [3.63, 3.8) is 0 Å². The van der Waals surface area contributed by atoms with Gasteiger partial charge in [0.1, 0.15) is 18.5 Å². The van der Waals surface area contributed by atoms with Gasteiger partial charge in [-0.05, 0) is 50.5 Å². The highest BCUT2D eigenvalue weighted by molar-refractivity contribution is 5.74. The van der Waals surface area contributed by atoms with Gasteiger partial charge >= 0.3 is 6.18 Å². The Morgan fingerprint density at radius 3 is 2.76 bits per heavy atom. The van der Waals surface area contributed by atoms with E-state index in [-0.39, 0.29) is 17.5 Å². The maximum Gasteiger partial charge on any atom is 0.408 e. The Kier molecular flexibility index (Phi) is 5.29. The van der Waals surface area contributed by atoms with Gasteiger partial charge in [0.2, 0.25) is 0 Å². The zero-order chi connectivity index (χ0) is 26.1. The van der Waals surface area contributed by atoms with E-state index < -0.39 is 24.6 Å². The monoisotopic (exact) mass is 512 g/mol. The third-order valence-corrected chi connectivity index (χ3v) is 7.05. The Morgan fingerprint density at radius 2 is 1.97 bits per heavy atom. The van der Waals surface area contributed by atoms with E-state index >= 15 is 0 Å². The lowest BCUT2D eigenvalue weighted by Crippen LogP contribution is -2.20. The van der Waals surface area contributed by atoms with E-state index in [0.29, 0.717) is 46.6 Å². The number of pyridine rings is 1. The summed E-state index contributed by atoms with van der Waals surface area (Å²) < 4.78 is 64.2. The van der Waals surface area contributed by atoms with E-state index in [9.17, 15) is 17.6 Å². The van der Waals surface area contributed by atoms with Gasteiger partial charge in [0, 0.05) is 53.2 Å². The second-order valence-electron chi connectivity index (χ2n) is 9.63. The molecule has 7 nitrogen and oxygen atoms in total. The molecule has 37 heavy (non-hydrogen) atoms. The minimum Gasteiger partial charge on any atom is -0.482 e. The number of alkyl halides is 3. The average molecular weight is 513 g/mol. The average Bonchev–Trinajstić information content (AvgIpc) is 3.38. The molecule has 4 aromatic rings. The fraction of sp³-hybridized carbons (Fsp3) is 0.346. The zero-order valence-corrected chi connectivity index (χ0v) is 20.2. The maximum atomic E-state index is 14.4. The van der Waals surface area contributed by atoms with Crippen LogP contribution in [0.25, 0.3) is 22.5 Å². The van der Waals surface area contributed by atoms with Crippen LogP contribution in [0.4, 0.5) is 23.4 Å². The Bertz CT molecular complexity index is 1520. The molecule has 3 aromatic heterocycles. The second-order valence-corrected chi connectivity index (χ2v) is 9.63. The summed E-state index contributed by atoms with van der Waals surface area (Å²) in [6.07, 6.45) is 0.236. The molecule has 0 radical (unpaired) electrons. The summed E-state index contributed by atoms with van der Waals surface area (Å²) in [5, 5.41) is 9.15. The maximum absolute atomic E-state index is 14.4. The van der Waals surface area contributed by atoms with Gasteiger partial charge in [-0.2, -0.15) is 23.4 Å². The number of aromatic nitrogens is 5. The molecule has 2 aliphatic rings. The molecule has 192 valence electrons. The fourth-order valence-electron chi connectivity index (χ4n) is 5.58. The van der Waals surface area contributed by atoms with Crippen molar-refractivity contribution in [3.05, 3.63) is 64.9 Å². The van der Waals surface area contributed by atoms with E-state index in [1.807, 2.05) is 6.20 Å². The Hall–Kier alpha value is -3.89. The molecule has 2 N–H and O–H groups in total. The predicted molar refractivity (Wildman–Crippen MR) is 128 cm³/mol. The van der Waals surface area contributed by atoms with Crippen molar-refractivity contribution in [2.24, 2.45) is 7.05 Å². The minimum absolute atomic E-state index is 0.0800. The van der Waals surface area contributed by atoms with Crippen LogP contribution in [0, 0.1) is 5.82 Å².